The molecule has 0 aromatic heterocycles. The highest BCUT2D eigenvalue weighted by atomic mass is 35.5. The predicted molar refractivity (Wildman–Crippen MR) is 31.3 cm³/mol. The van der Waals surface area contributed by atoms with Crippen molar-refractivity contribution < 1.29 is 5.11 Å². The summed E-state index contributed by atoms with van der Waals surface area (Å²) in [4.78, 5) is 0. The van der Waals surface area contributed by atoms with Crippen molar-refractivity contribution in [2.75, 3.05) is 0 Å². The van der Waals surface area contributed by atoms with Gasteiger partial charge in [-0.15, -0.1) is 0 Å². The zero-order valence-corrected chi connectivity index (χ0v) is 5.24. The highest BCUT2D eigenvalue weighted by Gasteiger charge is 1.93. The van der Waals surface area contributed by atoms with Crippen LogP contribution in [-0.4, -0.2) is 11.2 Å². The lowest BCUT2D eigenvalue weighted by atomic mass is 10.2. The van der Waals surface area contributed by atoms with E-state index in [0.29, 0.717) is 0 Å². The second-order valence-electron chi connectivity index (χ2n) is 1.53. The topological polar surface area (TPSA) is 20.2 Å². The SMILES string of the molecule is CC(=CCl)C(C)O. The van der Waals surface area contributed by atoms with Gasteiger partial charge in [0.1, 0.15) is 0 Å². The van der Waals surface area contributed by atoms with Gasteiger partial charge in [-0.3, -0.25) is 0 Å². The number of rotatable bonds is 1. The minimum atomic E-state index is -0.405. The predicted octanol–water partition coefficient (Wildman–Crippen LogP) is 1.51. The van der Waals surface area contributed by atoms with Crippen molar-refractivity contribution >= 4 is 11.6 Å². The van der Waals surface area contributed by atoms with Crippen LogP contribution in [-0.2, 0) is 0 Å². The van der Waals surface area contributed by atoms with Gasteiger partial charge in [0.25, 0.3) is 0 Å². The summed E-state index contributed by atoms with van der Waals surface area (Å²) in [6.07, 6.45) is -0.405. The average molecular weight is 121 g/mol. The Kier molecular flexibility index (Phi) is 3.05. The van der Waals surface area contributed by atoms with Crippen molar-refractivity contribution in [1.29, 1.82) is 0 Å². The van der Waals surface area contributed by atoms with Gasteiger partial charge in [-0.2, -0.15) is 0 Å². The lowest BCUT2D eigenvalue weighted by molar-refractivity contribution is 0.232. The molecule has 0 fully saturated rings. The third-order valence-corrected chi connectivity index (χ3v) is 1.18. The van der Waals surface area contributed by atoms with Crippen LogP contribution in [0.15, 0.2) is 11.1 Å². The Balaban J connectivity index is 3.56. The molecule has 0 aromatic carbocycles. The minimum Gasteiger partial charge on any atom is -0.389 e. The van der Waals surface area contributed by atoms with E-state index in [1.807, 2.05) is 0 Å². The van der Waals surface area contributed by atoms with Gasteiger partial charge in [-0.25, -0.2) is 0 Å². The van der Waals surface area contributed by atoms with Gasteiger partial charge in [0, 0.05) is 5.54 Å². The maximum Gasteiger partial charge on any atom is 0.0730 e. The van der Waals surface area contributed by atoms with Gasteiger partial charge in [0.2, 0.25) is 0 Å². The van der Waals surface area contributed by atoms with Gasteiger partial charge in [0.15, 0.2) is 0 Å². The summed E-state index contributed by atoms with van der Waals surface area (Å²) >= 11 is 5.22. The van der Waals surface area contributed by atoms with Gasteiger partial charge >= 0.3 is 0 Å². The van der Waals surface area contributed by atoms with Gasteiger partial charge in [0.05, 0.1) is 6.10 Å². The molecular formula is C5H9ClO. The fourth-order valence-corrected chi connectivity index (χ4v) is 0.273. The Labute approximate surface area is 48.6 Å². The summed E-state index contributed by atoms with van der Waals surface area (Å²) < 4.78 is 0. The van der Waals surface area contributed by atoms with Crippen LogP contribution in [0, 0.1) is 0 Å². The quantitative estimate of drug-likeness (QED) is 0.556. The summed E-state index contributed by atoms with van der Waals surface area (Å²) in [6, 6.07) is 0. The summed E-state index contributed by atoms with van der Waals surface area (Å²) in [5.41, 5.74) is 2.17. The Hall–Kier alpha value is -0.0100. The molecule has 7 heavy (non-hydrogen) atoms. The summed E-state index contributed by atoms with van der Waals surface area (Å²) in [5.74, 6) is 0. The molecule has 1 unspecified atom stereocenters. The highest BCUT2D eigenvalue weighted by Crippen LogP contribution is 1.99. The Bertz CT molecular complexity index is 76.1. The molecule has 0 aliphatic rings. The van der Waals surface area contributed by atoms with Crippen molar-refractivity contribution in [1.82, 2.24) is 0 Å². The number of aliphatic hydroxyl groups excluding tert-OH is 1. The lowest BCUT2D eigenvalue weighted by Crippen LogP contribution is -1.98. The van der Waals surface area contributed by atoms with E-state index in [0.717, 1.165) is 5.57 Å². The molecule has 1 atom stereocenters. The van der Waals surface area contributed by atoms with E-state index in [1.165, 1.54) is 5.54 Å². The van der Waals surface area contributed by atoms with Gasteiger partial charge in [-0.05, 0) is 19.4 Å². The number of hydrogen-bond donors (Lipinski definition) is 1. The van der Waals surface area contributed by atoms with E-state index in [2.05, 4.69) is 0 Å². The second-order valence-corrected chi connectivity index (χ2v) is 1.75. The van der Waals surface area contributed by atoms with Crippen LogP contribution in [0.1, 0.15) is 13.8 Å². The lowest BCUT2D eigenvalue weighted by Gasteiger charge is -1.98. The van der Waals surface area contributed by atoms with Crippen LogP contribution in [0.2, 0.25) is 0 Å². The first kappa shape index (κ1) is 6.99. The molecule has 1 nitrogen and oxygen atoms in total. The molecule has 0 saturated carbocycles. The van der Waals surface area contributed by atoms with Crippen molar-refractivity contribution in [3.8, 4) is 0 Å². The zero-order valence-electron chi connectivity index (χ0n) is 4.48. The standard InChI is InChI=1S/C5H9ClO/c1-4(3-6)5(2)7/h3,5,7H,1-2H3. The van der Waals surface area contributed by atoms with Crippen LogP contribution < -0.4 is 0 Å². The smallest absolute Gasteiger partial charge is 0.0730 e. The maximum atomic E-state index is 8.67. The fourth-order valence-electron chi connectivity index (χ4n) is 0.0912. The number of halogens is 1. The van der Waals surface area contributed by atoms with E-state index in [4.69, 9.17) is 16.7 Å². The molecule has 0 aromatic rings. The summed E-state index contributed by atoms with van der Waals surface area (Å²) in [6.45, 7) is 3.45. The first-order chi connectivity index (χ1) is 3.18. The van der Waals surface area contributed by atoms with E-state index in [9.17, 15) is 0 Å². The monoisotopic (exact) mass is 120 g/mol. The van der Waals surface area contributed by atoms with Crippen LogP contribution >= 0.6 is 11.6 Å². The molecule has 42 valence electrons. The molecule has 0 aliphatic heterocycles. The van der Waals surface area contributed by atoms with Gasteiger partial charge < -0.3 is 5.11 Å². The molecule has 0 radical (unpaired) electrons. The van der Waals surface area contributed by atoms with Crippen molar-refractivity contribution in [2.24, 2.45) is 0 Å². The second kappa shape index (κ2) is 3.05. The van der Waals surface area contributed by atoms with E-state index < -0.39 is 6.10 Å². The molecule has 0 bridgehead atoms. The van der Waals surface area contributed by atoms with Crippen LogP contribution in [0.4, 0.5) is 0 Å². The zero-order chi connectivity index (χ0) is 5.86. The van der Waals surface area contributed by atoms with Crippen molar-refractivity contribution in [2.45, 2.75) is 20.0 Å². The molecular weight excluding hydrogens is 112 g/mol. The largest absolute Gasteiger partial charge is 0.389 e. The molecule has 1 N–H and O–H groups in total. The van der Waals surface area contributed by atoms with Crippen LogP contribution in [0.5, 0.6) is 0 Å². The molecule has 0 spiro atoms. The number of hydrogen-bond acceptors (Lipinski definition) is 1. The van der Waals surface area contributed by atoms with E-state index in [-0.39, 0.29) is 0 Å². The Morgan fingerprint density at radius 1 is 1.86 bits per heavy atom. The van der Waals surface area contributed by atoms with Crippen molar-refractivity contribution in [3.63, 3.8) is 0 Å². The van der Waals surface area contributed by atoms with Crippen LogP contribution in [0.25, 0.3) is 0 Å². The van der Waals surface area contributed by atoms with Gasteiger partial charge in [-0.1, -0.05) is 11.6 Å². The molecule has 0 rings (SSSR count). The van der Waals surface area contributed by atoms with Crippen molar-refractivity contribution in [3.05, 3.63) is 11.1 Å². The molecule has 2 heteroatoms. The Morgan fingerprint density at radius 2 is 2.29 bits per heavy atom. The third-order valence-electron chi connectivity index (χ3n) is 0.831. The number of aliphatic hydroxyl groups is 1. The maximum absolute atomic E-state index is 8.67. The summed E-state index contributed by atoms with van der Waals surface area (Å²) in [7, 11) is 0. The molecule has 0 heterocycles. The first-order valence-electron chi connectivity index (χ1n) is 2.13. The normalized spacial score (nSPS) is 16.9. The van der Waals surface area contributed by atoms with Crippen LogP contribution in [0.3, 0.4) is 0 Å². The van der Waals surface area contributed by atoms with E-state index >= 15 is 0 Å². The minimum absolute atomic E-state index is 0.405. The molecule has 0 aliphatic carbocycles. The summed E-state index contributed by atoms with van der Waals surface area (Å²) in [5, 5.41) is 8.67. The first-order valence-corrected chi connectivity index (χ1v) is 2.57. The fraction of sp³-hybridized carbons (Fsp3) is 0.600. The highest BCUT2D eigenvalue weighted by molar-refractivity contribution is 6.25. The Morgan fingerprint density at radius 3 is 2.29 bits per heavy atom. The average Bonchev–Trinajstić information content (AvgIpc) is 1.65. The molecule has 0 amide bonds. The molecule has 0 saturated heterocycles. The third kappa shape index (κ3) is 2.66. The van der Waals surface area contributed by atoms with E-state index in [1.54, 1.807) is 13.8 Å².